The fourth-order valence-electron chi connectivity index (χ4n) is 5.21. The van der Waals surface area contributed by atoms with Crippen LogP contribution in [0.25, 0.3) is 0 Å². The average molecular weight is 637 g/mol. The standard InChI is InChI=1S/C29H30F6O9/c1-25(2)41-16-19-22(44-25)21(43-24(37)27(39-4,29(33,34)35)18-13-9-6-10-14-18)20(15-40-19)42-23(36)26(38-3,28(30,31)32)17-11-7-5-8-12-17/h5-14,19-22H,15-16H2,1-4H3/t19-,20+,21+,22-,26+,27+/m1/s1. The Morgan fingerprint density at radius 1 is 0.750 bits per heavy atom. The van der Waals surface area contributed by atoms with Gasteiger partial charge in [0.25, 0.3) is 11.2 Å². The van der Waals surface area contributed by atoms with E-state index in [2.05, 4.69) is 0 Å². The van der Waals surface area contributed by atoms with Gasteiger partial charge in [0.15, 0.2) is 18.0 Å². The lowest BCUT2D eigenvalue weighted by Crippen LogP contribution is -2.65. The Hall–Kier alpha value is -3.24. The minimum atomic E-state index is -5.37. The third-order valence-corrected chi connectivity index (χ3v) is 7.39. The highest BCUT2D eigenvalue weighted by Gasteiger charge is 2.67. The van der Waals surface area contributed by atoms with Gasteiger partial charge in [0.1, 0.15) is 12.2 Å². The van der Waals surface area contributed by atoms with Crippen LogP contribution in [0.1, 0.15) is 25.0 Å². The molecule has 0 bridgehead atoms. The van der Waals surface area contributed by atoms with Crippen molar-refractivity contribution in [1.82, 2.24) is 0 Å². The summed E-state index contributed by atoms with van der Waals surface area (Å²) in [6.07, 6.45) is -17.0. The van der Waals surface area contributed by atoms with Gasteiger partial charge in [-0.05, 0) is 13.8 Å². The molecule has 2 heterocycles. The van der Waals surface area contributed by atoms with Crippen molar-refractivity contribution in [2.45, 2.75) is 67.6 Å². The molecule has 242 valence electrons. The van der Waals surface area contributed by atoms with Gasteiger partial charge >= 0.3 is 24.3 Å². The molecule has 44 heavy (non-hydrogen) atoms. The van der Waals surface area contributed by atoms with Crippen molar-refractivity contribution in [1.29, 1.82) is 0 Å². The van der Waals surface area contributed by atoms with E-state index in [0.717, 1.165) is 24.3 Å². The van der Waals surface area contributed by atoms with Crippen molar-refractivity contribution in [2.24, 2.45) is 0 Å². The summed E-state index contributed by atoms with van der Waals surface area (Å²) in [5.74, 6) is -5.35. The third-order valence-electron chi connectivity index (χ3n) is 7.39. The molecule has 2 aliphatic rings. The van der Waals surface area contributed by atoms with Crippen LogP contribution < -0.4 is 0 Å². The second-order valence-corrected chi connectivity index (χ2v) is 10.5. The number of rotatable bonds is 8. The summed E-state index contributed by atoms with van der Waals surface area (Å²) in [5.41, 5.74) is -8.58. The van der Waals surface area contributed by atoms with Gasteiger partial charge in [-0.25, -0.2) is 9.59 Å². The van der Waals surface area contributed by atoms with Crippen molar-refractivity contribution in [2.75, 3.05) is 27.4 Å². The topological polar surface area (TPSA) is 98.8 Å². The van der Waals surface area contributed by atoms with Gasteiger partial charge < -0.3 is 33.2 Å². The molecule has 15 heteroatoms. The lowest BCUT2D eigenvalue weighted by Gasteiger charge is -2.48. The van der Waals surface area contributed by atoms with Crippen LogP contribution in [0.3, 0.4) is 0 Å². The minimum absolute atomic E-state index is 0.186. The van der Waals surface area contributed by atoms with Gasteiger partial charge in [0, 0.05) is 25.3 Å². The van der Waals surface area contributed by atoms with Crippen LogP contribution in [-0.4, -0.2) is 81.9 Å². The van der Waals surface area contributed by atoms with Crippen LogP contribution in [-0.2, 0) is 53.9 Å². The molecule has 0 aromatic heterocycles. The molecule has 0 radical (unpaired) electrons. The van der Waals surface area contributed by atoms with E-state index in [1.54, 1.807) is 0 Å². The van der Waals surface area contributed by atoms with E-state index < -0.39 is 83.4 Å². The van der Waals surface area contributed by atoms with Crippen molar-refractivity contribution in [3.8, 4) is 0 Å². The van der Waals surface area contributed by atoms with E-state index >= 15 is 0 Å². The number of halogens is 6. The highest BCUT2D eigenvalue weighted by atomic mass is 19.4. The fraction of sp³-hybridized carbons (Fsp3) is 0.517. The number of esters is 2. The van der Waals surface area contributed by atoms with Gasteiger partial charge in [-0.15, -0.1) is 0 Å². The molecule has 2 aliphatic heterocycles. The molecule has 9 nitrogen and oxygen atoms in total. The summed E-state index contributed by atoms with van der Waals surface area (Å²) in [6.45, 7) is 2.02. The van der Waals surface area contributed by atoms with Gasteiger partial charge in [0.2, 0.25) is 0 Å². The predicted molar refractivity (Wildman–Crippen MR) is 137 cm³/mol. The third kappa shape index (κ3) is 5.90. The second-order valence-electron chi connectivity index (χ2n) is 10.5. The van der Waals surface area contributed by atoms with Crippen molar-refractivity contribution in [3.05, 3.63) is 71.8 Å². The molecule has 2 saturated heterocycles. The molecule has 0 unspecified atom stereocenters. The number of alkyl halides is 6. The van der Waals surface area contributed by atoms with Gasteiger partial charge in [-0.1, -0.05) is 60.7 Å². The summed E-state index contributed by atoms with van der Waals surface area (Å²) in [5, 5.41) is 0. The van der Waals surface area contributed by atoms with Crippen molar-refractivity contribution >= 4 is 11.9 Å². The van der Waals surface area contributed by atoms with E-state index in [0.29, 0.717) is 14.2 Å². The molecule has 2 fully saturated rings. The molecule has 0 aliphatic carbocycles. The van der Waals surface area contributed by atoms with Crippen molar-refractivity contribution < 1.29 is 69.1 Å². The van der Waals surface area contributed by atoms with Crippen LogP contribution in [0, 0.1) is 0 Å². The number of methoxy groups -OCH3 is 2. The number of ether oxygens (including phenoxy) is 7. The van der Waals surface area contributed by atoms with Gasteiger partial charge in [-0.3, -0.25) is 0 Å². The molecular formula is C29H30F6O9. The number of benzene rings is 2. The molecule has 6 atom stereocenters. The number of carbonyl (C=O) groups excluding carboxylic acids is 2. The molecule has 0 amide bonds. The maximum atomic E-state index is 14.6. The Morgan fingerprint density at radius 3 is 1.64 bits per heavy atom. The van der Waals surface area contributed by atoms with Crippen LogP contribution >= 0.6 is 0 Å². The molecule has 0 N–H and O–H groups in total. The first-order chi connectivity index (χ1) is 20.5. The van der Waals surface area contributed by atoms with E-state index in [4.69, 9.17) is 33.2 Å². The first kappa shape index (κ1) is 33.6. The van der Waals surface area contributed by atoms with Gasteiger partial charge in [-0.2, -0.15) is 26.3 Å². The SMILES string of the molecule is CO[C@](C(=O)O[C@@H]1[C@@H]2OC(C)(C)OC[C@H]2OC[C@@H]1OC(=O)[C@@](OC)(c1ccccc1)C(F)(F)F)(c1ccccc1)C(F)(F)F. The average Bonchev–Trinajstić information content (AvgIpc) is 2.95. The monoisotopic (exact) mass is 636 g/mol. The highest BCUT2D eigenvalue weighted by molar-refractivity contribution is 5.84. The van der Waals surface area contributed by atoms with Gasteiger partial charge in [0.05, 0.1) is 13.2 Å². The lowest BCUT2D eigenvalue weighted by molar-refractivity contribution is -0.353. The van der Waals surface area contributed by atoms with Crippen LogP contribution in [0.2, 0.25) is 0 Å². The number of carbonyl (C=O) groups is 2. The normalized spacial score (nSPS) is 26.4. The first-order valence-electron chi connectivity index (χ1n) is 13.2. The first-order valence-corrected chi connectivity index (χ1v) is 13.2. The molecule has 0 spiro atoms. The Kier molecular flexibility index (Phi) is 9.39. The highest BCUT2D eigenvalue weighted by Crippen LogP contribution is 2.46. The zero-order valence-electron chi connectivity index (χ0n) is 23.9. The quantitative estimate of drug-likeness (QED) is 0.305. The Balaban J connectivity index is 1.77. The van der Waals surface area contributed by atoms with E-state index in [1.807, 2.05) is 0 Å². The summed E-state index contributed by atoms with van der Waals surface area (Å²) < 4.78 is 125. The number of hydrogen-bond acceptors (Lipinski definition) is 9. The predicted octanol–water partition coefficient (Wildman–Crippen LogP) is 4.57. The molecule has 0 saturated carbocycles. The van der Waals surface area contributed by atoms with E-state index in [-0.39, 0.29) is 6.61 Å². The zero-order valence-corrected chi connectivity index (χ0v) is 23.9. The van der Waals surface area contributed by atoms with Crippen LogP contribution in [0.5, 0.6) is 0 Å². The molecule has 4 rings (SSSR count). The Bertz CT molecular complexity index is 1300. The lowest BCUT2D eigenvalue weighted by atomic mass is 9.91. The number of fused-ring (bicyclic) bond motifs is 1. The largest absolute Gasteiger partial charge is 0.453 e. The molecule has 2 aromatic carbocycles. The van der Waals surface area contributed by atoms with E-state index in [9.17, 15) is 35.9 Å². The molecule has 2 aromatic rings. The Morgan fingerprint density at radius 2 is 1.20 bits per heavy atom. The zero-order chi connectivity index (χ0) is 32.6. The Labute approximate surface area is 248 Å². The fourth-order valence-corrected chi connectivity index (χ4v) is 5.21. The molecular weight excluding hydrogens is 606 g/mol. The summed E-state index contributed by atoms with van der Waals surface area (Å²) in [6, 6.07) is 11.8. The summed E-state index contributed by atoms with van der Waals surface area (Å²) in [4.78, 5) is 27.0. The second kappa shape index (κ2) is 12.3. The maximum Gasteiger partial charge on any atom is 0.432 e. The maximum absolute atomic E-state index is 14.6. The van der Waals surface area contributed by atoms with E-state index in [1.165, 1.54) is 50.2 Å². The summed E-state index contributed by atoms with van der Waals surface area (Å²) in [7, 11) is 1.29. The van der Waals surface area contributed by atoms with Crippen molar-refractivity contribution in [3.63, 3.8) is 0 Å². The number of hydrogen-bond donors (Lipinski definition) is 0. The van der Waals surface area contributed by atoms with Crippen LogP contribution in [0.4, 0.5) is 26.3 Å². The minimum Gasteiger partial charge on any atom is -0.453 e. The van der Waals surface area contributed by atoms with Crippen LogP contribution in [0.15, 0.2) is 60.7 Å². The smallest absolute Gasteiger partial charge is 0.432 e. The summed E-state index contributed by atoms with van der Waals surface area (Å²) >= 11 is 0.